The molecule has 1 aliphatic carbocycles. The van der Waals surface area contributed by atoms with Crippen LogP contribution in [0.2, 0.25) is 0 Å². The molecule has 1 heterocycles. The number of amides is 2. The van der Waals surface area contributed by atoms with Gasteiger partial charge in [-0.3, -0.25) is 14.6 Å². The van der Waals surface area contributed by atoms with Crippen LogP contribution in [0.5, 0.6) is 0 Å². The highest BCUT2D eigenvalue weighted by atomic mass is 16.2. The monoisotopic (exact) mass is 387 g/mol. The third kappa shape index (κ3) is 4.14. The first-order chi connectivity index (χ1) is 14.1. The first-order valence-electron chi connectivity index (χ1n) is 10.2. The van der Waals surface area contributed by atoms with Crippen LogP contribution in [0, 0.1) is 5.92 Å². The van der Waals surface area contributed by atoms with E-state index in [0.29, 0.717) is 5.56 Å². The Morgan fingerprint density at radius 1 is 0.966 bits per heavy atom. The number of aromatic nitrogens is 1. The Bertz CT molecular complexity index is 1020. The fourth-order valence-electron chi connectivity index (χ4n) is 3.99. The zero-order valence-corrected chi connectivity index (χ0v) is 16.6. The molecule has 0 radical (unpaired) electrons. The van der Waals surface area contributed by atoms with Crippen LogP contribution in [0.3, 0.4) is 0 Å². The van der Waals surface area contributed by atoms with E-state index in [-0.39, 0.29) is 17.7 Å². The molecule has 0 aliphatic heterocycles. The lowest BCUT2D eigenvalue weighted by atomic mass is 9.88. The molecule has 2 amide bonds. The lowest BCUT2D eigenvalue weighted by Gasteiger charge is -2.26. The van der Waals surface area contributed by atoms with Crippen molar-refractivity contribution in [1.29, 1.82) is 0 Å². The third-order valence-corrected chi connectivity index (χ3v) is 5.70. The average Bonchev–Trinajstić information content (AvgIpc) is 2.79. The van der Waals surface area contributed by atoms with Gasteiger partial charge in [-0.25, -0.2) is 0 Å². The normalized spacial score (nSPS) is 14.5. The predicted molar refractivity (Wildman–Crippen MR) is 116 cm³/mol. The van der Waals surface area contributed by atoms with Crippen LogP contribution in [0.1, 0.15) is 42.5 Å². The first-order valence-corrected chi connectivity index (χ1v) is 10.2. The molecule has 1 saturated carbocycles. The molecule has 4 rings (SSSR count). The number of fused-ring (bicyclic) bond motifs is 1. The van der Waals surface area contributed by atoms with Crippen LogP contribution in [0.25, 0.3) is 10.9 Å². The van der Waals surface area contributed by atoms with Crippen LogP contribution in [-0.4, -0.2) is 23.8 Å². The molecule has 5 heteroatoms. The fourth-order valence-corrected chi connectivity index (χ4v) is 3.99. The number of hydrogen-bond donors (Lipinski definition) is 1. The minimum Gasteiger partial charge on any atom is -0.321 e. The van der Waals surface area contributed by atoms with Gasteiger partial charge in [0.05, 0.1) is 11.2 Å². The molecule has 148 valence electrons. The molecular weight excluding hydrogens is 362 g/mol. The first kappa shape index (κ1) is 19.1. The van der Waals surface area contributed by atoms with Crippen molar-refractivity contribution in [2.24, 2.45) is 5.92 Å². The maximum atomic E-state index is 12.7. The van der Waals surface area contributed by atoms with Crippen molar-refractivity contribution in [3.8, 4) is 0 Å². The van der Waals surface area contributed by atoms with E-state index in [9.17, 15) is 9.59 Å². The lowest BCUT2D eigenvalue weighted by Crippen LogP contribution is -2.33. The van der Waals surface area contributed by atoms with Gasteiger partial charge < -0.3 is 10.2 Å². The molecule has 5 nitrogen and oxygen atoms in total. The van der Waals surface area contributed by atoms with E-state index < -0.39 is 0 Å². The Morgan fingerprint density at radius 3 is 2.45 bits per heavy atom. The zero-order valence-electron chi connectivity index (χ0n) is 16.6. The summed E-state index contributed by atoms with van der Waals surface area (Å²) >= 11 is 0. The number of rotatable bonds is 4. The molecule has 2 aromatic carbocycles. The number of anilines is 2. The summed E-state index contributed by atoms with van der Waals surface area (Å²) in [5.41, 5.74) is 2.93. The van der Waals surface area contributed by atoms with Crippen molar-refractivity contribution in [3.63, 3.8) is 0 Å². The summed E-state index contributed by atoms with van der Waals surface area (Å²) in [7, 11) is 1.81. The molecule has 1 aliphatic rings. The van der Waals surface area contributed by atoms with E-state index in [1.165, 1.54) is 6.42 Å². The van der Waals surface area contributed by atoms with Crippen LogP contribution in [0.4, 0.5) is 11.4 Å². The predicted octanol–water partition coefficient (Wildman–Crippen LogP) is 5.03. The highest BCUT2D eigenvalue weighted by Gasteiger charge is 2.24. The van der Waals surface area contributed by atoms with Crippen molar-refractivity contribution in [2.45, 2.75) is 32.1 Å². The Morgan fingerprint density at radius 2 is 1.69 bits per heavy atom. The molecule has 0 bridgehead atoms. The minimum atomic E-state index is -0.186. The number of para-hydroxylation sites is 1. The second kappa shape index (κ2) is 8.43. The van der Waals surface area contributed by atoms with Gasteiger partial charge in [-0.05, 0) is 49.2 Å². The summed E-state index contributed by atoms with van der Waals surface area (Å²) < 4.78 is 0. The van der Waals surface area contributed by atoms with Crippen LogP contribution in [-0.2, 0) is 4.79 Å². The maximum Gasteiger partial charge on any atom is 0.255 e. The molecule has 1 N–H and O–H groups in total. The Kier molecular flexibility index (Phi) is 5.56. The van der Waals surface area contributed by atoms with E-state index in [0.717, 1.165) is 48.0 Å². The van der Waals surface area contributed by atoms with Crippen molar-refractivity contribution >= 4 is 34.1 Å². The standard InChI is InChI=1S/C24H25N3O2/c1-27(24(29)18-7-3-2-4-8-18)19-13-11-17(12-14-19)23(28)26-22-15-16-25-21-10-6-5-9-20(21)22/h5-6,9-16,18H,2-4,7-8H2,1H3,(H,25,26,28). The van der Waals surface area contributed by atoms with Crippen LogP contribution in [0.15, 0.2) is 60.8 Å². The minimum absolute atomic E-state index is 0.122. The van der Waals surface area contributed by atoms with Crippen molar-refractivity contribution < 1.29 is 9.59 Å². The highest BCUT2D eigenvalue weighted by molar-refractivity contribution is 6.08. The van der Waals surface area contributed by atoms with E-state index in [1.807, 2.05) is 43.4 Å². The quantitative estimate of drug-likeness (QED) is 0.683. The Balaban J connectivity index is 1.47. The van der Waals surface area contributed by atoms with E-state index in [1.54, 1.807) is 29.3 Å². The highest BCUT2D eigenvalue weighted by Crippen LogP contribution is 2.27. The average molecular weight is 387 g/mol. The smallest absolute Gasteiger partial charge is 0.255 e. The zero-order chi connectivity index (χ0) is 20.2. The SMILES string of the molecule is CN(C(=O)C1CCCCC1)c1ccc(C(=O)Nc2ccnc3ccccc23)cc1. The molecule has 0 spiro atoms. The second-order valence-corrected chi connectivity index (χ2v) is 7.61. The number of hydrogen-bond acceptors (Lipinski definition) is 3. The number of nitrogens with zero attached hydrogens (tertiary/aromatic N) is 2. The van der Waals surface area contributed by atoms with Crippen molar-refractivity contribution in [1.82, 2.24) is 4.98 Å². The van der Waals surface area contributed by atoms with Crippen LogP contribution < -0.4 is 10.2 Å². The summed E-state index contributed by atoms with van der Waals surface area (Å²) in [5, 5.41) is 3.87. The molecule has 0 saturated heterocycles. The summed E-state index contributed by atoms with van der Waals surface area (Å²) in [6.07, 6.45) is 7.13. The summed E-state index contributed by atoms with van der Waals surface area (Å²) in [5.74, 6) is 0.107. The van der Waals surface area contributed by atoms with Gasteiger partial charge in [0.15, 0.2) is 0 Å². The van der Waals surface area contributed by atoms with Gasteiger partial charge in [-0.1, -0.05) is 37.5 Å². The Hall–Kier alpha value is -3.21. The number of carbonyl (C=O) groups is 2. The number of pyridine rings is 1. The fraction of sp³-hybridized carbons (Fsp3) is 0.292. The molecule has 0 atom stereocenters. The molecule has 0 unspecified atom stereocenters. The molecule has 1 aromatic heterocycles. The molecular formula is C24H25N3O2. The van der Waals surface area contributed by atoms with Crippen LogP contribution >= 0.6 is 0 Å². The van der Waals surface area contributed by atoms with Gasteiger partial charge in [0.2, 0.25) is 5.91 Å². The van der Waals surface area contributed by atoms with Gasteiger partial charge in [-0.2, -0.15) is 0 Å². The number of carbonyl (C=O) groups excluding carboxylic acids is 2. The second-order valence-electron chi connectivity index (χ2n) is 7.61. The van der Waals surface area contributed by atoms with Crippen molar-refractivity contribution in [2.75, 3.05) is 17.3 Å². The molecule has 3 aromatic rings. The number of nitrogens with one attached hydrogen (secondary N) is 1. The molecule has 29 heavy (non-hydrogen) atoms. The topological polar surface area (TPSA) is 62.3 Å². The lowest BCUT2D eigenvalue weighted by molar-refractivity contribution is -0.123. The van der Waals surface area contributed by atoms with Gasteiger partial charge >= 0.3 is 0 Å². The third-order valence-electron chi connectivity index (χ3n) is 5.70. The summed E-state index contributed by atoms with van der Waals surface area (Å²) in [4.78, 5) is 31.5. The largest absolute Gasteiger partial charge is 0.321 e. The van der Waals surface area contributed by atoms with Gasteiger partial charge in [0.1, 0.15) is 0 Å². The molecule has 1 fully saturated rings. The number of benzene rings is 2. The maximum absolute atomic E-state index is 12.7. The van der Waals surface area contributed by atoms with Gasteiger partial charge in [-0.15, -0.1) is 0 Å². The van der Waals surface area contributed by atoms with Gasteiger partial charge in [0, 0.05) is 35.8 Å². The van der Waals surface area contributed by atoms with E-state index in [4.69, 9.17) is 0 Å². The Labute approximate surface area is 170 Å². The van der Waals surface area contributed by atoms with Gasteiger partial charge in [0.25, 0.3) is 5.91 Å². The van der Waals surface area contributed by atoms with E-state index in [2.05, 4.69) is 10.3 Å². The summed E-state index contributed by atoms with van der Waals surface area (Å²) in [6.45, 7) is 0. The summed E-state index contributed by atoms with van der Waals surface area (Å²) in [6, 6.07) is 16.7. The van der Waals surface area contributed by atoms with E-state index >= 15 is 0 Å². The van der Waals surface area contributed by atoms with Crippen molar-refractivity contribution in [3.05, 3.63) is 66.4 Å².